The molecule has 3 aromatic rings. The van der Waals surface area contributed by atoms with Gasteiger partial charge >= 0.3 is 6.09 Å². The number of pyridine rings is 1. The Morgan fingerprint density at radius 1 is 1.11 bits per heavy atom. The van der Waals surface area contributed by atoms with Crippen LogP contribution in [0.5, 0.6) is 0 Å². The molecule has 0 spiro atoms. The average molecular weight is 498 g/mol. The van der Waals surface area contributed by atoms with Crippen molar-refractivity contribution in [1.29, 1.82) is 0 Å². The third-order valence-electron chi connectivity index (χ3n) is 6.75. The first-order chi connectivity index (χ1) is 16.7. The van der Waals surface area contributed by atoms with E-state index in [1.807, 2.05) is 31.4 Å². The van der Waals surface area contributed by atoms with E-state index in [4.69, 9.17) is 21.3 Å². The van der Waals surface area contributed by atoms with Gasteiger partial charge in [-0.25, -0.2) is 9.78 Å². The van der Waals surface area contributed by atoms with E-state index in [-0.39, 0.29) is 17.6 Å². The molecule has 186 valence electrons. The molecule has 0 unspecified atom stereocenters. The molecule has 35 heavy (non-hydrogen) atoms. The highest BCUT2D eigenvalue weighted by atomic mass is 35.5. The molecule has 2 aromatic heterocycles. The first kappa shape index (κ1) is 23.9. The summed E-state index contributed by atoms with van der Waals surface area (Å²) in [6.07, 6.45) is 6.87. The lowest BCUT2D eigenvalue weighted by Crippen LogP contribution is -2.41. The summed E-state index contributed by atoms with van der Waals surface area (Å²) in [6, 6.07) is 5.37. The van der Waals surface area contributed by atoms with Crippen molar-refractivity contribution < 1.29 is 9.53 Å². The molecule has 0 radical (unpaired) electrons. The molecule has 5 rings (SSSR count). The molecule has 2 saturated carbocycles. The number of alkyl carbamates (subject to hydrolysis) is 1. The zero-order valence-corrected chi connectivity index (χ0v) is 21.2. The van der Waals surface area contributed by atoms with Crippen molar-refractivity contribution in [2.45, 2.75) is 77.0 Å². The molecule has 2 heterocycles. The molecule has 9 heteroatoms. The van der Waals surface area contributed by atoms with Gasteiger partial charge in [-0.3, -0.25) is 9.36 Å². The highest BCUT2D eigenvalue weighted by Gasteiger charge is 2.28. The summed E-state index contributed by atoms with van der Waals surface area (Å²) in [6.45, 7) is 6.40. The van der Waals surface area contributed by atoms with Crippen LogP contribution in [0.3, 0.4) is 0 Å². The van der Waals surface area contributed by atoms with Crippen LogP contribution >= 0.6 is 11.6 Å². The number of fused-ring (bicyclic) bond motifs is 3. The second-order valence-corrected chi connectivity index (χ2v) is 11.2. The number of hydrogen-bond acceptors (Lipinski definition) is 6. The van der Waals surface area contributed by atoms with Crippen molar-refractivity contribution in [3.05, 3.63) is 39.8 Å². The van der Waals surface area contributed by atoms with Gasteiger partial charge in [-0.15, -0.1) is 0 Å². The van der Waals surface area contributed by atoms with E-state index in [1.54, 1.807) is 18.3 Å². The molecule has 1 aromatic carbocycles. The largest absolute Gasteiger partial charge is 0.444 e. The van der Waals surface area contributed by atoms with Crippen LogP contribution in [0.2, 0.25) is 5.02 Å². The Balaban J connectivity index is 1.46. The smallest absolute Gasteiger partial charge is 0.407 e. The van der Waals surface area contributed by atoms with Gasteiger partial charge in [0.15, 0.2) is 0 Å². The van der Waals surface area contributed by atoms with Crippen LogP contribution in [0.25, 0.3) is 21.8 Å². The van der Waals surface area contributed by atoms with Crippen LogP contribution in [-0.2, 0) is 4.74 Å². The fraction of sp³-hybridized carbons (Fsp3) is 0.538. The number of carbonyl (C=O) groups excluding carboxylic acids is 1. The number of nitrogens with one attached hydrogen (secondary N) is 2. The van der Waals surface area contributed by atoms with E-state index in [0.717, 1.165) is 43.0 Å². The summed E-state index contributed by atoms with van der Waals surface area (Å²) < 4.78 is 7.22. The molecule has 1 amide bonds. The maximum atomic E-state index is 13.7. The van der Waals surface area contributed by atoms with Gasteiger partial charge in [0.25, 0.3) is 5.56 Å². The number of carbonyl (C=O) groups is 1. The number of aromatic nitrogens is 3. The Morgan fingerprint density at radius 3 is 2.54 bits per heavy atom. The van der Waals surface area contributed by atoms with Crippen LogP contribution in [0.15, 0.2) is 29.2 Å². The van der Waals surface area contributed by atoms with E-state index in [1.165, 1.54) is 12.8 Å². The maximum absolute atomic E-state index is 13.7. The summed E-state index contributed by atoms with van der Waals surface area (Å²) in [5.74, 6) is 1.23. The van der Waals surface area contributed by atoms with E-state index >= 15 is 0 Å². The Kier molecular flexibility index (Phi) is 6.34. The van der Waals surface area contributed by atoms with Crippen LogP contribution in [-0.4, -0.2) is 38.8 Å². The summed E-state index contributed by atoms with van der Waals surface area (Å²) in [5, 5.41) is 9.04. The quantitative estimate of drug-likeness (QED) is 0.456. The molecule has 0 atom stereocenters. The minimum absolute atomic E-state index is 0.0170. The van der Waals surface area contributed by atoms with Crippen molar-refractivity contribution in [3.63, 3.8) is 0 Å². The number of nitrogens with zero attached hydrogens (tertiary/aromatic N) is 3. The summed E-state index contributed by atoms with van der Waals surface area (Å²) in [4.78, 5) is 35.3. The van der Waals surface area contributed by atoms with Gasteiger partial charge in [-0.05, 0) is 82.7 Å². The molecule has 2 aliphatic rings. The third kappa shape index (κ3) is 5.37. The van der Waals surface area contributed by atoms with Gasteiger partial charge < -0.3 is 15.4 Å². The molecule has 2 aliphatic carbocycles. The second kappa shape index (κ2) is 9.30. The van der Waals surface area contributed by atoms with Gasteiger partial charge in [-0.2, -0.15) is 4.98 Å². The molecular weight excluding hydrogens is 466 g/mol. The second-order valence-electron chi connectivity index (χ2n) is 10.8. The lowest BCUT2D eigenvalue weighted by atomic mass is 9.90. The minimum Gasteiger partial charge on any atom is -0.444 e. The number of amides is 1. The SMILES string of the molecule is CC(C)(C)OC(=O)N[C@H]1CC[C@H](n2c(=O)c3cc(Cl)ccc3c3cnc(NCC4CC4)nc32)CC1. The first-order valence-corrected chi connectivity index (χ1v) is 12.8. The third-order valence-corrected chi connectivity index (χ3v) is 6.98. The standard InChI is InChI=1S/C26H32ClN5O3/c1-26(2,3)35-25(34)30-17-7-9-18(10-8-17)32-22-21(14-29-24(31-22)28-13-15-4-5-15)19-11-6-16(27)12-20(19)23(32)33/h6,11-12,14-15,17-18H,4-5,7-10,13H2,1-3H3,(H,30,34)(H,28,29,31)/t17-,18-. The van der Waals surface area contributed by atoms with Crippen molar-refractivity contribution in [2.75, 3.05) is 11.9 Å². The normalized spacial score (nSPS) is 20.7. The lowest BCUT2D eigenvalue weighted by Gasteiger charge is -2.31. The summed E-state index contributed by atoms with van der Waals surface area (Å²) >= 11 is 6.25. The van der Waals surface area contributed by atoms with Crippen LogP contribution in [0.4, 0.5) is 10.7 Å². The fourth-order valence-corrected chi connectivity index (χ4v) is 5.01. The average Bonchev–Trinajstić information content (AvgIpc) is 3.62. The van der Waals surface area contributed by atoms with Gasteiger partial charge in [0.05, 0.1) is 0 Å². The Hall–Kier alpha value is -2.87. The van der Waals surface area contributed by atoms with Crippen molar-refractivity contribution in [3.8, 4) is 0 Å². The first-order valence-electron chi connectivity index (χ1n) is 12.4. The molecular formula is C26H32ClN5O3. The van der Waals surface area contributed by atoms with Crippen molar-refractivity contribution >= 4 is 45.4 Å². The van der Waals surface area contributed by atoms with E-state index in [9.17, 15) is 9.59 Å². The highest BCUT2D eigenvalue weighted by molar-refractivity contribution is 6.31. The van der Waals surface area contributed by atoms with Crippen molar-refractivity contribution in [1.82, 2.24) is 19.9 Å². The van der Waals surface area contributed by atoms with Crippen molar-refractivity contribution in [2.24, 2.45) is 5.92 Å². The van der Waals surface area contributed by atoms with Gasteiger partial charge in [0.2, 0.25) is 5.95 Å². The number of ether oxygens (including phenoxy) is 1. The van der Waals surface area contributed by atoms with E-state index in [0.29, 0.717) is 27.9 Å². The molecule has 0 bridgehead atoms. The summed E-state index contributed by atoms with van der Waals surface area (Å²) in [7, 11) is 0. The van der Waals surface area contributed by atoms with Gasteiger partial charge in [0.1, 0.15) is 11.2 Å². The van der Waals surface area contributed by atoms with E-state index < -0.39 is 11.7 Å². The molecule has 0 aliphatic heterocycles. The Bertz CT molecular complexity index is 1320. The fourth-order valence-electron chi connectivity index (χ4n) is 4.83. The number of hydrogen-bond donors (Lipinski definition) is 2. The molecule has 2 N–H and O–H groups in total. The van der Waals surface area contributed by atoms with Crippen LogP contribution < -0.4 is 16.2 Å². The number of anilines is 1. The zero-order valence-electron chi connectivity index (χ0n) is 20.4. The monoisotopic (exact) mass is 497 g/mol. The summed E-state index contributed by atoms with van der Waals surface area (Å²) in [5.41, 5.74) is 0.0113. The molecule has 2 fully saturated rings. The van der Waals surface area contributed by atoms with Crippen LogP contribution in [0.1, 0.15) is 65.3 Å². The van der Waals surface area contributed by atoms with Crippen LogP contribution in [0, 0.1) is 5.92 Å². The number of halogens is 1. The van der Waals surface area contributed by atoms with E-state index in [2.05, 4.69) is 15.6 Å². The predicted octanol–water partition coefficient (Wildman–Crippen LogP) is 5.43. The topological polar surface area (TPSA) is 98.1 Å². The molecule has 8 nitrogen and oxygen atoms in total. The Labute approximate surface area is 209 Å². The molecule has 0 saturated heterocycles. The number of benzene rings is 1. The maximum Gasteiger partial charge on any atom is 0.407 e. The number of rotatable bonds is 5. The van der Waals surface area contributed by atoms with Gasteiger partial charge in [0, 0.05) is 40.6 Å². The lowest BCUT2D eigenvalue weighted by molar-refractivity contribution is 0.0488. The van der Waals surface area contributed by atoms with Gasteiger partial charge in [-0.1, -0.05) is 17.7 Å². The highest BCUT2D eigenvalue weighted by Crippen LogP contribution is 2.33. The predicted molar refractivity (Wildman–Crippen MR) is 138 cm³/mol. The Morgan fingerprint density at radius 2 is 1.86 bits per heavy atom. The zero-order chi connectivity index (χ0) is 24.7. The minimum atomic E-state index is -0.537.